The molecule has 0 aliphatic carbocycles. The summed E-state index contributed by atoms with van der Waals surface area (Å²) in [6, 6.07) is 18.6. The van der Waals surface area contributed by atoms with Crippen molar-refractivity contribution in [3.63, 3.8) is 0 Å². The van der Waals surface area contributed by atoms with Gasteiger partial charge < -0.3 is 20.1 Å². The Hall–Kier alpha value is -3.45. The van der Waals surface area contributed by atoms with Crippen LogP contribution >= 0.6 is 0 Å². The van der Waals surface area contributed by atoms with Gasteiger partial charge in [-0.25, -0.2) is 9.97 Å². The van der Waals surface area contributed by atoms with Gasteiger partial charge in [-0.1, -0.05) is 18.2 Å². The Balaban J connectivity index is 1.58. The zero-order chi connectivity index (χ0) is 19.6. The molecule has 28 heavy (non-hydrogen) atoms. The van der Waals surface area contributed by atoms with E-state index < -0.39 is 0 Å². The molecule has 0 saturated heterocycles. The van der Waals surface area contributed by atoms with Crippen LogP contribution in [-0.4, -0.2) is 36.1 Å². The summed E-state index contributed by atoms with van der Waals surface area (Å²) in [5.41, 5.74) is 1.09. The summed E-state index contributed by atoms with van der Waals surface area (Å²) in [6.45, 7) is 1.13. The molecule has 0 aliphatic heterocycles. The minimum Gasteiger partial charge on any atom is -0.457 e. The van der Waals surface area contributed by atoms with E-state index in [1.54, 1.807) is 19.4 Å². The number of rotatable bonds is 9. The molecule has 0 radical (unpaired) electrons. The number of ether oxygens (including phenoxy) is 2. The summed E-state index contributed by atoms with van der Waals surface area (Å²) < 4.78 is 10.7. The highest BCUT2D eigenvalue weighted by atomic mass is 16.5. The Morgan fingerprint density at radius 2 is 1.75 bits per heavy atom. The van der Waals surface area contributed by atoms with Gasteiger partial charge in [0, 0.05) is 32.1 Å². The van der Waals surface area contributed by atoms with Gasteiger partial charge in [0.15, 0.2) is 0 Å². The van der Waals surface area contributed by atoms with Gasteiger partial charge in [0.05, 0.1) is 0 Å². The predicted molar refractivity (Wildman–Crippen MR) is 107 cm³/mol. The quantitative estimate of drug-likeness (QED) is 0.551. The van der Waals surface area contributed by atoms with Crippen LogP contribution in [0.15, 0.2) is 66.9 Å². The van der Waals surface area contributed by atoms with Crippen molar-refractivity contribution in [2.24, 2.45) is 0 Å². The summed E-state index contributed by atoms with van der Waals surface area (Å²) >= 11 is 0. The molecule has 2 N–H and O–H groups in total. The molecule has 7 heteroatoms. The fraction of sp³-hybridized carbons (Fsp3) is 0.190. The largest absolute Gasteiger partial charge is 0.457 e. The predicted octanol–water partition coefficient (Wildman–Crippen LogP) is 3.78. The van der Waals surface area contributed by atoms with Crippen molar-refractivity contribution in [3.8, 4) is 11.5 Å². The van der Waals surface area contributed by atoms with Gasteiger partial charge in [0.1, 0.15) is 17.2 Å². The molecule has 0 aliphatic rings. The SMILES string of the molecule is COCCCNC(=O)c1ccnc(Nc2ccc(Oc3ccccc3)cc2)n1. The number of amides is 1. The van der Waals surface area contributed by atoms with Gasteiger partial charge in [-0.3, -0.25) is 4.79 Å². The number of para-hydroxylation sites is 1. The van der Waals surface area contributed by atoms with Crippen molar-refractivity contribution in [1.82, 2.24) is 15.3 Å². The number of aromatic nitrogens is 2. The molecule has 2 aromatic carbocycles. The Bertz CT molecular complexity index is 886. The fourth-order valence-corrected chi connectivity index (χ4v) is 2.41. The lowest BCUT2D eigenvalue weighted by Gasteiger charge is -2.09. The van der Waals surface area contributed by atoms with E-state index in [0.717, 1.165) is 23.6 Å². The van der Waals surface area contributed by atoms with Gasteiger partial charge in [-0.15, -0.1) is 0 Å². The first-order valence-electron chi connectivity index (χ1n) is 8.95. The van der Waals surface area contributed by atoms with E-state index in [4.69, 9.17) is 9.47 Å². The molecule has 0 fully saturated rings. The average Bonchev–Trinajstić information content (AvgIpc) is 2.73. The first kappa shape index (κ1) is 19.3. The number of hydrogen-bond acceptors (Lipinski definition) is 6. The monoisotopic (exact) mass is 378 g/mol. The van der Waals surface area contributed by atoms with E-state index in [-0.39, 0.29) is 5.91 Å². The minimum absolute atomic E-state index is 0.242. The molecule has 0 atom stereocenters. The number of benzene rings is 2. The lowest BCUT2D eigenvalue weighted by Crippen LogP contribution is -2.26. The average molecular weight is 378 g/mol. The van der Waals surface area contributed by atoms with Crippen LogP contribution in [0.5, 0.6) is 11.5 Å². The molecule has 3 aromatic rings. The number of hydrogen-bond donors (Lipinski definition) is 2. The Kier molecular flexibility index (Phi) is 6.92. The number of carbonyl (C=O) groups is 1. The second kappa shape index (κ2) is 10.0. The highest BCUT2D eigenvalue weighted by Crippen LogP contribution is 2.23. The van der Waals surface area contributed by atoms with Crippen LogP contribution < -0.4 is 15.4 Å². The molecule has 0 saturated carbocycles. The third-order valence-electron chi connectivity index (χ3n) is 3.79. The number of carbonyl (C=O) groups excluding carboxylic acids is 1. The minimum atomic E-state index is -0.242. The molecular formula is C21H22N4O3. The van der Waals surface area contributed by atoms with Crippen molar-refractivity contribution in [2.75, 3.05) is 25.6 Å². The smallest absolute Gasteiger partial charge is 0.270 e. The van der Waals surface area contributed by atoms with Crippen molar-refractivity contribution in [3.05, 3.63) is 72.6 Å². The molecule has 1 amide bonds. The van der Waals surface area contributed by atoms with Crippen LogP contribution in [0.3, 0.4) is 0 Å². The number of anilines is 2. The maximum Gasteiger partial charge on any atom is 0.270 e. The van der Waals surface area contributed by atoms with Crippen molar-refractivity contribution < 1.29 is 14.3 Å². The summed E-state index contributed by atoms with van der Waals surface area (Å²) in [5, 5.41) is 5.89. The summed E-state index contributed by atoms with van der Waals surface area (Å²) in [6.07, 6.45) is 2.29. The van der Waals surface area contributed by atoms with Gasteiger partial charge >= 0.3 is 0 Å². The van der Waals surface area contributed by atoms with E-state index in [0.29, 0.717) is 24.8 Å². The van der Waals surface area contributed by atoms with Crippen LogP contribution in [0.1, 0.15) is 16.9 Å². The van der Waals surface area contributed by atoms with E-state index in [9.17, 15) is 4.79 Å². The lowest BCUT2D eigenvalue weighted by atomic mass is 10.3. The van der Waals surface area contributed by atoms with Crippen LogP contribution in [-0.2, 0) is 4.74 Å². The highest BCUT2D eigenvalue weighted by molar-refractivity contribution is 5.92. The van der Waals surface area contributed by atoms with Crippen molar-refractivity contribution in [1.29, 1.82) is 0 Å². The molecule has 0 spiro atoms. The van der Waals surface area contributed by atoms with E-state index in [1.807, 2.05) is 54.6 Å². The number of methoxy groups -OCH3 is 1. The van der Waals surface area contributed by atoms with Crippen molar-refractivity contribution >= 4 is 17.5 Å². The maximum absolute atomic E-state index is 12.1. The van der Waals surface area contributed by atoms with Crippen molar-refractivity contribution in [2.45, 2.75) is 6.42 Å². The second-order valence-corrected chi connectivity index (χ2v) is 5.93. The summed E-state index contributed by atoms with van der Waals surface area (Å²) in [7, 11) is 1.63. The van der Waals surface area contributed by atoms with Crippen LogP contribution in [0, 0.1) is 0 Å². The normalized spacial score (nSPS) is 10.3. The standard InChI is InChI=1S/C21H22N4O3/c1-27-15-5-13-22-20(26)19-12-14-23-21(25-19)24-16-8-10-18(11-9-16)28-17-6-3-2-4-7-17/h2-4,6-12,14H,5,13,15H2,1H3,(H,22,26)(H,23,24,25). The molecule has 0 bridgehead atoms. The Labute approximate surface area is 163 Å². The molecule has 7 nitrogen and oxygen atoms in total. The van der Waals surface area contributed by atoms with Gasteiger partial charge in [-0.05, 0) is 48.9 Å². The van der Waals surface area contributed by atoms with E-state index in [1.165, 1.54) is 0 Å². The van der Waals surface area contributed by atoms with E-state index >= 15 is 0 Å². The zero-order valence-electron chi connectivity index (χ0n) is 15.6. The van der Waals surface area contributed by atoms with Crippen LogP contribution in [0.25, 0.3) is 0 Å². The van der Waals surface area contributed by atoms with Gasteiger partial charge in [0.25, 0.3) is 5.91 Å². The zero-order valence-corrected chi connectivity index (χ0v) is 15.6. The maximum atomic E-state index is 12.1. The van der Waals surface area contributed by atoms with Gasteiger partial charge in [-0.2, -0.15) is 0 Å². The summed E-state index contributed by atoms with van der Waals surface area (Å²) in [5.74, 6) is 1.60. The fourth-order valence-electron chi connectivity index (χ4n) is 2.41. The highest BCUT2D eigenvalue weighted by Gasteiger charge is 2.08. The molecule has 3 rings (SSSR count). The van der Waals surface area contributed by atoms with E-state index in [2.05, 4.69) is 20.6 Å². The third-order valence-corrected chi connectivity index (χ3v) is 3.79. The van der Waals surface area contributed by atoms with Gasteiger partial charge in [0.2, 0.25) is 5.95 Å². The van der Waals surface area contributed by atoms with Crippen LogP contribution in [0.4, 0.5) is 11.6 Å². The molecular weight excluding hydrogens is 356 g/mol. The molecule has 0 unspecified atom stereocenters. The number of nitrogens with zero attached hydrogens (tertiary/aromatic N) is 2. The second-order valence-electron chi connectivity index (χ2n) is 5.93. The first-order chi connectivity index (χ1) is 13.7. The third kappa shape index (κ3) is 5.78. The molecule has 144 valence electrons. The topological polar surface area (TPSA) is 85.4 Å². The molecule has 1 heterocycles. The lowest BCUT2D eigenvalue weighted by molar-refractivity contribution is 0.0943. The number of nitrogens with one attached hydrogen (secondary N) is 2. The Morgan fingerprint density at radius 3 is 2.50 bits per heavy atom. The Morgan fingerprint density at radius 1 is 1.00 bits per heavy atom. The molecule has 1 aromatic heterocycles. The van der Waals surface area contributed by atoms with Crippen LogP contribution in [0.2, 0.25) is 0 Å². The summed E-state index contributed by atoms with van der Waals surface area (Å²) in [4.78, 5) is 20.6. The first-order valence-corrected chi connectivity index (χ1v) is 8.95.